The lowest BCUT2D eigenvalue weighted by atomic mass is 9.96. The van der Waals surface area contributed by atoms with Crippen molar-refractivity contribution in [3.8, 4) is 5.88 Å². The van der Waals surface area contributed by atoms with E-state index in [0.29, 0.717) is 55.3 Å². The summed E-state index contributed by atoms with van der Waals surface area (Å²) in [5.41, 5.74) is 4.67. The van der Waals surface area contributed by atoms with Crippen molar-refractivity contribution in [1.29, 1.82) is 0 Å². The Labute approximate surface area is 213 Å². The van der Waals surface area contributed by atoms with Crippen LogP contribution >= 0.6 is 0 Å². The highest BCUT2D eigenvalue weighted by Gasteiger charge is 2.37. The average molecular weight is 486 g/mol. The molecule has 1 aliphatic rings. The molecule has 0 spiro atoms. The van der Waals surface area contributed by atoms with Crippen LogP contribution in [0.25, 0.3) is 11.2 Å². The Hall–Kier alpha value is -3.71. The number of ether oxygens (including phenoxy) is 2. The van der Waals surface area contributed by atoms with E-state index in [-0.39, 0.29) is 18.9 Å². The first kappa shape index (κ1) is 22.7. The molecule has 2 aromatic carbocycles. The second-order valence-corrected chi connectivity index (χ2v) is 9.29. The molecule has 1 saturated carbocycles. The highest BCUT2D eigenvalue weighted by atomic mass is 16.5. The molecule has 7 nitrogen and oxygen atoms in total. The normalized spacial score (nSPS) is 20.0. The first-order chi connectivity index (χ1) is 18.1. The maximum Gasteiger partial charge on any atom is 0.247 e. The Morgan fingerprint density at radius 1 is 1.06 bits per heavy atom. The zero-order chi connectivity index (χ0) is 25.6. The third-order valence-electron chi connectivity index (χ3n) is 6.82. The Morgan fingerprint density at radius 2 is 1.78 bits per heavy atom. The number of aromatic nitrogens is 4. The second kappa shape index (κ2) is 10.9. The molecule has 4 aromatic rings. The summed E-state index contributed by atoms with van der Waals surface area (Å²) in [6.45, 7) is 9.02. The van der Waals surface area contributed by atoms with E-state index in [1.807, 2.05) is 54.9 Å². The Morgan fingerprint density at radius 3 is 2.50 bits per heavy atom. The predicted octanol–water partition coefficient (Wildman–Crippen LogP) is 5.81. The third-order valence-corrected chi connectivity index (χ3v) is 6.82. The lowest BCUT2D eigenvalue weighted by molar-refractivity contribution is 0.0872. The van der Waals surface area contributed by atoms with Gasteiger partial charge in [-0.2, -0.15) is 9.97 Å². The minimum Gasteiger partial charge on any atom is -0.471 e. The van der Waals surface area contributed by atoms with Gasteiger partial charge in [0.05, 0.1) is 25.6 Å². The van der Waals surface area contributed by atoms with Crippen molar-refractivity contribution in [3.05, 3.63) is 90.3 Å². The van der Waals surface area contributed by atoms with Crippen LogP contribution < -0.4 is 10.1 Å². The van der Waals surface area contributed by atoms with Gasteiger partial charge in [0.2, 0.25) is 11.8 Å². The fourth-order valence-corrected chi connectivity index (χ4v) is 4.86. The fourth-order valence-electron chi connectivity index (χ4n) is 4.86. The molecule has 0 radical (unpaired) electrons. The molecule has 1 aliphatic carbocycles. The van der Waals surface area contributed by atoms with Crippen molar-refractivity contribution in [2.75, 3.05) is 18.5 Å². The van der Waals surface area contributed by atoms with Gasteiger partial charge in [-0.25, -0.2) is 4.98 Å². The van der Waals surface area contributed by atoms with Gasteiger partial charge in [-0.15, -0.1) is 0 Å². The number of nitrogens with one attached hydrogen (secondary N) is 1. The highest BCUT2D eigenvalue weighted by Crippen LogP contribution is 2.44. The molecule has 2 aromatic heterocycles. The van der Waals surface area contributed by atoms with Crippen LogP contribution in [0.4, 0.5) is 5.95 Å². The quantitative estimate of drug-likeness (QED) is 0.286. The molecule has 186 valence electrons. The molecule has 1 fully saturated rings. The number of anilines is 1. The maximum absolute atomic E-state index is 7.50. The standard InChI is InChI=1S/C29H33N5O2/c1-4-30-29-32-27-26(28(33-29)36-17-23-13-9-6-10-14-23)31-19-34(27)25-15-20(2)24(21(25)3)18-35-16-22-11-7-5-8-12-22/h5-14,19-20,24-25H,3-4,15-18H2,1-2H3,(H,30,32,33)/t20-,24+,25?/m0/s1/i1T. The number of nitrogens with zero attached hydrogens (tertiary/aromatic N) is 4. The molecule has 0 aliphatic heterocycles. The third kappa shape index (κ3) is 5.11. The molecular weight excluding hydrogens is 450 g/mol. The number of imidazole rings is 1. The summed E-state index contributed by atoms with van der Waals surface area (Å²) >= 11 is 0. The number of benzene rings is 2. The van der Waals surface area contributed by atoms with E-state index in [9.17, 15) is 0 Å². The Balaban J connectivity index is 1.36. The van der Waals surface area contributed by atoms with E-state index in [1.165, 1.54) is 5.56 Å². The molecule has 1 unspecified atom stereocenters. The van der Waals surface area contributed by atoms with Gasteiger partial charge in [-0.1, -0.05) is 74.2 Å². The van der Waals surface area contributed by atoms with Crippen molar-refractivity contribution in [2.45, 2.75) is 39.5 Å². The van der Waals surface area contributed by atoms with Crippen molar-refractivity contribution in [1.82, 2.24) is 19.5 Å². The van der Waals surface area contributed by atoms with Crippen LogP contribution in [-0.4, -0.2) is 32.7 Å². The fraction of sp³-hybridized carbons (Fsp3) is 0.345. The van der Waals surface area contributed by atoms with Crippen molar-refractivity contribution in [2.24, 2.45) is 11.8 Å². The minimum absolute atomic E-state index is 0.0613. The molecule has 0 bridgehead atoms. The van der Waals surface area contributed by atoms with Gasteiger partial charge in [-0.3, -0.25) is 0 Å². The van der Waals surface area contributed by atoms with E-state index in [0.717, 1.165) is 17.6 Å². The SMILES string of the molecule is [3H]CCNc1nc(OCc2ccccc2)c2ncn(C3C[C@H](C)[C@@H](COCc4ccccc4)C3=C)c2n1. The van der Waals surface area contributed by atoms with E-state index < -0.39 is 0 Å². The van der Waals surface area contributed by atoms with Crippen LogP contribution in [0.3, 0.4) is 0 Å². The Kier molecular flexibility index (Phi) is 6.89. The minimum atomic E-state index is 0.0613. The molecule has 2 heterocycles. The van der Waals surface area contributed by atoms with Crippen molar-refractivity contribution in [3.63, 3.8) is 0 Å². The largest absolute Gasteiger partial charge is 0.471 e. The van der Waals surface area contributed by atoms with Crippen LogP contribution in [0, 0.1) is 11.8 Å². The topological polar surface area (TPSA) is 74.1 Å². The number of rotatable bonds is 10. The monoisotopic (exact) mass is 485 g/mol. The van der Waals surface area contributed by atoms with E-state index >= 15 is 0 Å². The van der Waals surface area contributed by atoms with E-state index in [1.54, 1.807) is 0 Å². The summed E-state index contributed by atoms with van der Waals surface area (Å²) in [5.74, 6) is 1.54. The van der Waals surface area contributed by atoms with Crippen molar-refractivity contribution >= 4 is 17.1 Å². The molecule has 36 heavy (non-hydrogen) atoms. The summed E-state index contributed by atoms with van der Waals surface area (Å²) in [6, 6.07) is 20.3. The van der Waals surface area contributed by atoms with E-state index in [2.05, 4.69) is 45.5 Å². The smallest absolute Gasteiger partial charge is 0.247 e. The molecule has 0 saturated heterocycles. The molecule has 3 atom stereocenters. The van der Waals surface area contributed by atoms with Gasteiger partial charge < -0.3 is 19.4 Å². The lowest BCUT2D eigenvalue weighted by Crippen LogP contribution is -2.15. The summed E-state index contributed by atoms with van der Waals surface area (Å²) in [5, 5.41) is 3.13. The first-order valence-electron chi connectivity index (χ1n) is 13.1. The summed E-state index contributed by atoms with van der Waals surface area (Å²) in [7, 11) is 0. The summed E-state index contributed by atoms with van der Waals surface area (Å²) in [4.78, 5) is 14.0. The number of hydrogen-bond donors (Lipinski definition) is 1. The van der Waals surface area contributed by atoms with Gasteiger partial charge in [0.25, 0.3) is 0 Å². The van der Waals surface area contributed by atoms with Crippen LogP contribution in [0.1, 0.15) is 38.8 Å². The lowest BCUT2D eigenvalue weighted by Gasteiger charge is -2.19. The molecular formula is C29H33N5O2. The maximum atomic E-state index is 7.50. The van der Waals surface area contributed by atoms with Crippen LogP contribution in [0.15, 0.2) is 79.1 Å². The van der Waals surface area contributed by atoms with Crippen LogP contribution in [-0.2, 0) is 18.0 Å². The molecule has 0 amide bonds. The Bertz CT molecular complexity index is 1330. The highest BCUT2D eigenvalue weighted by molar-refractivity contribution is 5.78. The zero-order valence-corrected chi connectivity index (χ0v) is 20.6. The molecule has 7 heteroatoms. The zero-order valence-electron chi connectivity index (χ0n) is 21.6. The molecule has 1 N–H and O–H groups in total. The van der Waals surface area contributed by atoms with Gasteiger partial charge >= 0.3 is 0 Å². The van der Waals surface area contributed by atoms with Gasteiger partial charge in [-0.05, 0) is 35.9 Å². The summed E-state index contributed by atoms with van der Waals surface area (Å²) in [6.07, 6.45) is 2.75. The van der Waals surface area contributed by atoms with Crippen molar-refractivity contribution < 1.29 is 10.8 Å². The van der Waals surface area contributed by atoms with E-state index in [4.69, 9.17) is 15.8 Å². The van der Waals surface area contributed by atoms with Crippen LogP contribution in [0.5, 0.6) is 5.88 Å². The number of hydrogen-bond acceptors (Lipinski definition) is 6. The van der Waals surface area contributed by atoms with Crippen LogP contribution in [0.2, 0.25) is 0 Å². The predicted molar refractivity (Wildman–Crippen MR) is 142 cm³/mol. The number of fused-ring (bicyclic) bond motifs is 1. The first-order valence-corrected chi connectivity index (χ1v) is 12.4. The second-order valence-electron chi connectivity index (χ2n) is 9.29. The molecule has 5 rings (SSSR count). The average Bonchev–Trinajstić information content (AvgIpc) is 3.47. The van der Waals surface area contributed by atoms with Gasteiger partial charge in [0, 0.05) is 13.8 Å². The van der Waals surface area contributed by atoms with Gasteiger partial charge in [0.1, 0.15) is 6.61 Å². The van der Waals surface area contributed by atoms with Gasteiger partial charge in [0.15, 0.2) is 11.2 Å². The summed E-state index contributed by atoms with van der Waals surface area (Å²) < 4.78 is 21.8.